The van der Waals surface area contributed by atoms with Crippen LogP contribution in [0.3, 0.4) is 0 Å². The van der Waals surface area contributed by atoms with Gasteiger partial charge >= 0.3 is 5.97 Å². The molecule has 8 nitrogen and oxygen atoms in total. The Balaban J connectivity index is 1.20. The maximum absolute atomic E-state index is 12.5. The number of aromatic nitrogens is 3. The lowest BCUT2D eigenvalue weighted by Gasteiger charge is -2.43. The third-order valence-corrected chi connectivity index (χ3v) is 9.96. The summed E-state index contributed by atoms with van der Waals surface area (Å²) in [5.74, 6) is 1.38. The summed E-state index contributed by atoms with van der Waals surface area (Å²) in [5, 5.41) is 26.6. The molecule has 2 heterocycles. The van der Waals surface area contributed by atoms with Gasteiger partial charge in [-0.1, -0.05) is 24.4 Å². The number of aliphatic hydroxyl groups is 2. The van der Waals surface area contributed by atoms with Crippen LogP contribution in [0.4, 0.5) is 5.82 Å². The normalized spacial score (nSPS) is 38.3. The molecule has 0 aliphatic heterocycles. The van der Waals surface area contributed by atoms with Crippen molar-refractivity contribution in [2.24, 2.45) is 29.1 Å². The van der Waals surface area contributed by atoms with Crippen molar-refractivity contribution in [3.63, 3.8) is 0 Å². The molecule has 0 spiro atoms. The van der Waals surface area contributed by atoms with E-state index in [2.05, 4.69) is 15.3 Å². The second kappa shape index (κ2) is 7.08. The van der Waals surface area contributed by atoms with Crippen LogP contribution in [0.25, 0.3) is 11.0 Å². The van der Waals surface area contributed by atoms with Gasteiger partial charge in [0.05, 0.1) is 24.5 Å². The van der Waals surface area contributed by atoms with E-state index in [0.717, 1.165) is 11.0 Å². The number of imidazole rings is 1. The van der Waals surface area contributed by atoms with Crippen LogP contribution >= 0.6 is 11.6 Å². The highest BCUT2D eigenvalue weighted by atomic mass is 35.5. The van der Waals surface area contributed by atoms with Gasteiger partial charge in [0.1, 0.15) is 27.8 Å². The molecular formula is C25H31ClN4O4. The fourth-order valence-electron chi connectivity index (χ4n) is 7.47. The van der Waals surface area contributed by atoms with E-state index in [1.165, 1.54) is 38.5 Å². The van der Waals surface area contributed by atoms with Gasteiger partial charge in [-0.15, -0.1) is 0 Å². The Hall–Kier alpha value is -1.90. The third kappa shape index (κ3) is 2.60. The lowest BCUT2D eigenvalue weighted by Crippen LogP contribution is -2.42. The second-order valence-electron chi connectivity index (χ2n) is 11.2. The number of fused-ring (bicyclic) bond motifs is 4. The Morgan fingerprint density at radius 1 is 1.32 bits per heavy atom. The fourth-order valence-corrected chi connectivity index (χ4v) is 7.66. The number of halogens is 1. The zero-order valence-corrected chi connectivity index (χ0v) is 20.0. The molecule has 3 N–H and O–H groups in total. The summed E-state index contributed by atoms with van der Waals surface area (Å²) in [6, 6.07) is 1.83. The maximum atomic E-state index is 12.5. The number of aliphatic hydroxyl groups excluding tert-OH is 1. The zero-order valence-electron chi connectivity index (χ0n) is 19.3. The topological polar surface area (TPSA) is 110 Å². The predicted octanol–water partition coefficient (Wildman–Crippen LogP) is 3.31. The Morgan fingerprint density at radius 3 is 2.59 bits per heavy atom. The van der Waals surface area contributed by atoms with Crippen molar-refractivity contribution in [1.29, 1.82) is 0 Å². The number of hydrogen-bond acceptors (Lipinski definition) is 7. The average molecular weight is 487 g/mol. The van der Waals surface area contributed by atoms with E-state index in [-0.39, 0.29) is 30.5 Å². The summed E-state index contributed by atoms with van der Waals surface area (Å²) in [4.78, 5) is 21.8. The van der Waals surface area contributed by atoms with E-state index in [0.29, 0.717) is 35.3 Å². The van der Waals surface area contributed by atoms with Gasteiger partial charge in [0.25, 0.3) is 0 Å². The van der Waals surface area contributed by atoms with E-state index in [1.807, 2.05) is 4.57 Å². The van der Waals surface area contributed by atoms with Gasteiger partial charge in [0, 0.05) is 18.0 Å². The summed E-state index contributed by atoms with van der Waals surface area (Å²) in [7, 11) is 0. The summed E-state index contributed by atoms with van der Waals surface area (Å²) < 4.78 is 7.15. The van der Waals surface area contributed by atoms with Crippen LogP contribution in [0, 0.1) is 29.1 Å². The van der Waals surface area contributed by atoms with Crippen LogP contribution in [-0.4, -0.2) is 55.1 Å². The first-order chi connectivity index (χ1) is 16.4. The maximum Gasteiger partial charge on any atom is 0.315 e. The molecular weight excluding hydrogens is 456 g/mol. The highest BCUT2D eigenvalue weighted by molar-refractivity contribution is 6.30. The molecule has 2 aromatic rings. The monoisotopic (exact) mass is 486 g/mol. The molecule has 7 rings (SSSR count). The fraction of sp³-hybridized carbons (Fsp3) is 0.720. The van der Waals surface area contributed by atoms with Crippen molar-refractivity contribution < 1.29 is 19.7 Å². The van der Waals surface area contributed by atoms with E-state index in [1.54, 1.807) is 19.3 Å². The largest absolute Gasteiger partial charge is 0.465 e. The van der Waals surface area contributed by atoms with Crippen molar-refractivity contribution in [1.82, 2.24) is 14.5 Å². The molecule has 5 aliphatic carbocycles. The van der Waals surface area contributed by atoms with Gasteiger partial charge in [0.15, 0.2) is 5.82 Å². The number of esters is 1. The lowest BCUT2D eigenvalue weighted by atomic mass is 9.68. The minimum atomic E-state index is -1.35. The van der Waals surface area contributed by atoms with Crippen molar-refractivity contribution in [3.05, 3.63) is 17.5 Å². The molecule has 0 bridgehead atoms. The molecule has 5 fully saturated rings. The van der Waals surface area contributed by atoms with Crippen molar-refractivity contribution in [2.45, 2.75) is 75.7 Å². The molecule has 0 aromatic carbocycles. The lowest BCUT2D eigenvalue weighted by molar-refractivity contribution is -0.158. The number of nitrogens with zero attached hydrogens (tertiary/aromatic N) is 3. The number of anilines is 1. The summed E-state index contributed by atoms with van der Waals surface area (Å²) in [6.45, 7) is 2.02. The van der Waals surface area contributed by atoms with Gasteiger partial charge in [-0.25, -0.2) is 9.97 Å². The molecule has 5 saturated carbocycles. The van der Waals surface area contributed by atoms with Crippen molar-refractivity contribution >= 4 is 34.4 Å². The molecule has 2 unspecified atom stereocenters. The first kappa shape index (κ1) is 21.4. The van der Waals surface area contributed by atoms with E-state index < -0.39 is 17.1 Å². The number of ether oxygens (including phenoxy) is 1. The molecule has 0 radical (unpaired) electrons. The van der Waals surface area contributed by atoms with Crippen molar-refractivity contribution in [2.75, 3.05) is 11.9 Å². The number of pyridine rings is 1. The highest BCUT2D eigenvalue weighted by Gasteiger charge is 2.91. The minimum Gasteiger partial charge on any atom is -0.465 e. The number of hydrogen-bond donors (Lipinski definition) is 3. The standard InChI is InChI=1S/C25H31ClN4O4/c1-2-34-23(32)24-10-14(24)17-20(25(17,33)22(24)31)30-11-27-19-15(30)9-16(26)28-21(19)29-18(12-5-3-6-12)13-7-4-8-13/h9,11-14,17-18,20,22,31,33H,2-8,10H2,1H3,(H,28,29)/t14?,17-,20+,22+,24?,25+/m0/s1. The smallest absolute Gasteiger partial charge is 0.315 e. The van der Waals surface area contributed by atoms with Crippen LogP contribution < -0.4 is 5.32 Å². The van der Waals surface area contributed by atoms with Crippen LogP contribution in [0.15, 0.2) is 12.4 Å². The number of rotatable bonds is 7. The molecule has 182 valence electrons. The Morgan fingerprint density at radius 2 is 2.03 bits per heavy atom. The van der Waals surface area contributed by atoms with Crippen LogP contribution in [0.1, 0.15) is 57.9 Å². The molecule has 6 atom stereocenters. The van der Waals surface area contributed by atoms with E-state index in [4.69, 9.17) is 16.3 Å². The summed E-state index contributed by atoms with van der Waals surface area (Å²) in [6.07, 6.45) is 8.74. The van der Waals surface area contributed by atoms with Crippen molar-refractivity contribution in [3.8, 4) is 0 Å². The molecule has 0 amide bonds. The molecule has 34 heavy (non-hydrogen) atoms. The van der Waals surface area contributed by atoms with Crippen LogP contribution in [0.2, 0.25) is 5.15 Å². The first-order valence-electron chi connectivity index (χ1n) is 12.8. The quantitative estimate of drug-likeness (QED) is 0.407. The summed E-state index contributed by atoms with van der Waals surface area (Å²) >= 11 is 6.47. The highest BCUT2D eigenvalue weighted by Crippen LogP contribution is 2.82. The van der Waals surface area contributed by atoms with Crippen LogP contribution in [-0.2, 0) is 9.53 Å². The van der Waals surface area contributed by atoms with Gasteiger partial charge < -0.3 is 24.8 Å². The summed E-state index contributed by atoms with van der Waals surface area (Å²) in [5.41, 5.74) is -0.769. The number of carbonyl (C=O) groups excluding carboxylic acids is 1. The average Bonchev–Trinajstić information content (AvgIpc) is 3.53. The molecule has 5 aliphatic rings. The van der Waals surface area contributed by atoms with Gasteiger partial charge in [-0.3, -0.25) is 4.79 Å². The first-order valence-corrected chi connectivity index (χ1v) is 13.2. The zero-order chi connectivity index (χ0) is 23.4. The van der Waals surface area contributed by atoms with Gasteiger partial charge in [-0.05, 0) is 56.8 Å². The van der Waals surface area contributed by atoms with E-state index in [9.17, 15) is 15.0 Å². The molecule has 0 saturated heterocycles. The minimum absolute atomic E-state index is 0.0782. The van der Waals surface area contributed by atoms with E-state index >= 15 is 0 Å². The Kier molecular flexibility index (Phi) is 4.45. The second-order valence-corrected chi connectivity index (χ2v) is 11.6. The molecule has 9 heteroatoms. The predicted molar refractivity (Wildman–Crippen MR) is 125 cm³/mol. The van der Waals surface area contributed by atoms with Gasteiger partial charge in [-0.2, -0.15) is 0 Å². The third-order valence-electron chi connectivity index (χ3n) is 9.76. The Bertz CT molecular complexity index is 1170. The number of carbonyl (C=O) groups is 1. The number of nitrogens with one attached hydrogen (secondary N) is 1. The SMILES string of the molecule is CCOC(=O)C12CC1[C@H]1[C@@H](n3cnc4c(NC(C5CCC5)C5CCC5)nc(Cl)cc43)[C@@]1(O)[C@@H]2O. The van der Waals surface area contributed by atoms with Crippen LogP contribution in [0.5, 0.6) is 0 Å². The Labute approximate surface area is 203 Å². The van der Waals surface area contributed by atoms with Gasteiger partial charge in [0.2, 0.25) is 0 Å². The molecule has 2 aromatic heterocycles.